The number of sulfonamides is 1. The highest BCUT2D eigenvalue weighted by atomic mass is 32.2. The van der Waals surface area contributed by atoms with Gasteiger partial charge in [-0.25, -0.2) is 18.4 Å². The molecular formula is C13H18N2O5S. The lowest BCUT2D eigenvalue weighted by molar-refractivity contribution is -0.0601. The minimum Gasteiger partial charge on any atom is -0.478 e. The van der Waals surface area contributed by atoms with E-state index < -0.39 is 16.0 Å². The van der Waals surface area contributed by atoms with Gasteiger partial charge in [0.1, 0.15) is 0 Å². The van der Waals surface area contributed by atoms with Crippen LogP contribution in [0.4, 0.5) is 5.69 Å². The van der Waals surface area contributed by atoms with Gasteiger partial charge in [-0.2, -0.15) is 0 Å². The molecule has 0 aliphatic heterocycles. The van der Waals surface area contributed by atoms with Crippen molar-refractivity contribution in [2.45, 2.75) is 29.8 Å². The molecule has 0 radical (unpaired) electrons. The Morgan fingerprint density at radius 2 is 2.14 bits per heavy atom. The number of benzene rings is 1. The van der Waals surface area contributed by atoms with E-state index in [1.54, 1.807) is 7.11 Å². The molecule has 0 aromatic heterocycles. The maximum Gasteiger partial charge on any atom is 0.337 e. The van der Waals surface area contributed by atoms with Crippen LogP contribution in [0.25, 0.3) is 0 Å². The van der Waals surface area contributed by atoms with Crippen molar-refractivity contribution < 1.29 is 23.1 Å². The molecule has 1 saturated carbocycles. The van der Waals surface area contributed by atoms with Gasteiger partial charge in [0.15, 0.2) is 0 Å². The van der Waals surface area contributed by atoms with Crippen LogP contribution in [0.1, 0.15) is 29.6 Å². The van der Waals surface area contributed by atoms with E-state index in [-0.39, 0.29) is 16.1 Å². The van der Waals surface area contributed by atoms with E-state index in [2.05, 4.69) is 5.32 Å². The Kier molecular flexibility index (Phi) is 4.22. The second-order valence-corrected chi connectivity index (χ2v) is 6.71. The van der Waals surface area contributed by atoms with Crippen LogP contribution in [0.15, 0.2) is 23.1 Å². The van der Waals surface area contributed by atoms with Crippen LogP contribution in [0, 0.1) is 0 Å². The summed E-state index contributed by atoms with van der Waals surface area (Å²) in [4.78, 5) is 11.0. The fraction of sp³-hybridized carbons (Fsp3) is 0.462. The lowest BCUT2D eigenvalue weighted by Crippen LogP contribution is -2.45. The molecule has 0 spiro atoms. The van der Waals surface area contributed by atoms with E-state index in [1.807, 2.05) is 0 Å². The summed E-state index contributed by atoms with van der Waals surface area (Å²) in [5.41, 5.74) is -0.0562. The molecule has 1 aliphatic carbocycles. The van der Waals surface area contributed by atoms with Crippen LogP contribution in [0.2, 0.25) is 0 Å². The third-order valence-electron chi connectivity index (χ3n) is 3.85. The van der Waals surface area contributed by atoms with Gasteiger partial charge in [0.25, 0.3) is 0 Å². The average Bonchev–Trinajstić information content (AvgIpc) is 2.36. The molecule has 1 aromatic rings. The Morgan fingerprint density at radius 1 is 1.48 bits per heavy atom. The number of carboxylic acid groups (broad SMARTS) is 1. The van der Waals surface area contributed by atoms with Gasteiger partial charge >= 0.3 is 5.97 Å². The molecule has 0 bridgehead atoms. The Labute approximate surface area is 123 Å². The van der Waals surface area contributed by atoms with Gasteiger partial charge in [-0.05, 0) is 37.5 Å². The predicted molar refractivity (Wildman–Crippen MR) is 76.9 cm³/mol. The molecule has 7 nitrogen and oxygen atoms in total. The van der Waals surface area contributed by atoms with Gasteiger partial charge in [0, 0.05) is 19.3 Å². The molecule has 21 heavy (non-hydrogen) atoms. The third-order valence-corrected chi connectivity index (χ3v) is 4.76. The van der Waals surface area contributed by atoms with Crippen molar-refractivity contribution in [3.05, 3.63) is 23.8 Å². The molecule has 2 rings (SSSR count). The van der Waals surface area contributed by atoms with Gasteiger partial charge < -0.3 is 15.2 Å². The number of hydrogen-bond donors (Lipinski definition) is 3. The van der Waals surface area contributed by atoms with Gasteiger partial charge in [0.05, 0.1) is 16.1 Å². The first-order chi connectivity index (χ1) is 9.77. The van der Waals surface area contributed by atoms with Crippen molar-refractivity contribution >= 4 is 21.7 Å². The molecule has 0 atom stereocenters. The maximum atomic E-state index is 11.3. The van der Waals surface area contributed by atoms with Crippen LogP contribution < -0.4 is 10.5 Å². The highest BCUT2D eigenvalue weighted by molar-refractivity contribution is 7.89. The SMILES string of the molecule is COC1(CNc2ccc(S(N)(=O)=O)cc2C(=O)O)CCC1. The Balaban J connectivity index is 2.25. The van der Waals surface area contributed by atoms with Crippen molar-refractivity contribution in [2.24, 2.45) is 5.14 Å². The minimum atomic E-state index is -3.93. The fourth-order valence-electron chi connectivity index (χ4n) is 2.31. The third kappa shape index (κ3) is 3.34. The van der Waals surface area contributed by atoms with Gasteiger partial charge in [0.2, 0.25) is 10.0 Å². The van der Waals surface area contributed by atoms with E-state index in [4.69, 9.17) is 9.88 Å². The normalized spacial score (nSPS) is 17.0. The number of aromatic carboxylic acids is 1. The number of anilines is 1. The average molecular weight is 314 g/mol. The summed E-state index contributed by atoms with van der Waals surface area (Å²) in [6, 6.07) is 3.75. The largest absolute Gasteiger partial charge is 0.478 e. The highest BCUT2D eigenvalue weighted by Crippen LogP contribution is 2.35. The summed E-state index contributed by atoms with van der Waals surface area (Å²) < 4.78 is 28.0. The Morgan fingerprint density at radius 3 is 2.57 bits per heavy atom. The van der Waals surface area contributed by atoms with Crippen LogP contribution >= 0.6 is 0 Å². The van der Waals surface area contributed by atoms with Crippen LogP contribution in [-0.4, -0.2) is 38.7 Å². The second kappa shape index (κ2) is 5.63. The van der Waals surface area contributed by atoms with Crippen molar-refractivity contribution in [3.8, 4) is 0 Å². The lowest BCUT2D eigenvalue weighted by Gasteiger charge is -2.40. The number of carbonyl (C=O) groups is 1. The molecule has 1 fully saturated rings. The Hall–Kier alpha value is -1.64. The zero-order chi connectivity index (χ0) is 15.7. The summed E-state index contributed by atoms with van der Waals surface area (Å²) in [6.45, 7) is 0.471. The van der Waals surface area contributed by atoms with Crippen LogP contribution in [-0.2, 0) is 14.8 Å². The quantitative estimate of drug-likeness (QED) is 0.721. The molecule has 0 heterocycles. The highest BCUT2D eigenvalue weighted by Gasteiger charge is 2.36. The van der Waals surface area contributed by atoms with Gasteiger partial charge in [-0.3, -0.25) is 0 Å². The van der Waals surface area contributed by atoms with Crippen molar-refractivity contribution in [2.75, 3.05) is 19.0 Å². The zero-order valence-corrected chi connectivity index (χ0v) is 12.4. The van der Waals surface area contributed by atoms with Crippen LogP contribution in [0.5, 0.6) is 0 Å². The number of hydrogen-bond acceptors (Lipinski definition) is 5. The number of carboxylic acids is 1. The van der Waals surface area contributed by atoms with Crippen LogP contribution in [0.3, 0.4) is 0 Å². The van der Waals surface area contributed by atoms with E-state index >= 15 is 0 Å². The van der Waals surface area contributed by atoms with Crippen molar-refractivity contribution in [1.82, 2.24) is 0 Å². The predicted octanol–water partition coefficient (Wildman–Crippen LogP) is 1.01. The number of nitrogens with one attached hydrogen (secondary N) is 1. The summed E-state index contributed by atoms with van der Waals surface area (Å²) >= 11 is 0. The number of nitrogens with two attached hydrogens (primary N) is 1. The van der Waals surface area contributed by atoms with E-state index in [0.717, 1.165) is 25.3 Å². The minimum absolute atomic E-state index is 0.132. The van der Waals surface area contributed by atoms with E-state index in [9.17, 15) is 18.3 Å². The Bertz CT molecular complexity index is 647. The standard InChI is InChI=1S/C13H18N2O5S/c1-20-13(5-2-6-13)8-15-11-4-3-9(21(14,18)19)7-10(11)12(16)17/h3-4,7,15H,2,5-6,8H2,1H3,(H,16,17)(H2,14,18,19). The molecule has 0 unspecified atom stereocenters. The van der Waals surface area contributed by atoms with Crippen molar-refractivity contribution in [1.29, 1.82) is 0 Å². The first-order valence-electron chi connectivity index (χ1n) is 6.47. The van der Waals surface area contributed by atoms with E-state index in [0.29, 0.717) is 12.2 Å². The monoisotopic (exact) mass is 314 g/mol. The lowest BCUT2D eigenvalue weighted by atomic mass is 9.80. The number of rotatable bonds is 6. The molecule has 1 aromatic carbocycles. The topological polar surface area (TPSA) is 119 Å². The maximum absolute atomic E-state index is 11.3. The van der Waals surface area contributed by atoms with Gasteiger partial charge in [-0.15, -0.1) is 0 Å². The second-order valence-electron chi connectivity index (χ2n) is 5.15. The first-order valence-corrected chi connectivity index (χ1v) is 8.01. The summed E-state index contributed by atoms with van der Waals surface area (Å²) in [6.07, 6.45) is 2.90. The molecule has 0 amide bonds. The number of primary sulfonamides is 1. The summed E-state index contributed by atoms with van der Waals surface area (Å²) in [5, 5.41) is 17.2. The summed E-state index contributed by atoms with van der Waals surface area (Å²) in [5.74, 6) is -1.22. The molecule has 1 aliphatic rings. The molecular weight excluding hydrogens is 296 g/mol. The summed E-state index contributed by atoms with van der Waals surface area (Å²) in [7, 11) is -2.30. The first kappa shape index (κ1) is 15.7. The van der Waals surface area contributed by atoms with E-state index in [1.165, 1.54) is 12.1 Å². The number of methoxy groups -OCH3 is 1. The fourth-order valence-corrected chi connectivity index (χ4v) is 2.85. The molecule has 116 valence electrons. The zero-order valence-electron chi connectivity index (χ0n) is 11.6. The molecule has 8 heteroatoms. The molecule has 0 saturated heterocycles. The van der Waals surface area contributed by atoms with Gasteiger partial charge in [-0.1, -0.05) is 0 Å². The van der Waals surface area contributed by atoms with Crippen molar-refractivity contribution in [3.63, 3.8) is 0 Å². The smallest absolute Gasteiger partial charge is 0.337 e. The number of ether oxygens (including phenoxy) is 1. The molecule has 4 N–H and O–H groups in total.